The van der Waals surface area contributed by atoms with Crippen molar-refractivity contribution in [2.24, 2.45) is 5.92 Å². The molecule has 0 fully saturated rings. The molecule has 1 unspecified atom stereocenters. The second-order valence-electron chi connectivity index (χ2n) is 4.47. The largest absolute Gasteiger partial charge is 0.496 e. The van der Waals surface area contributed by atoms with E-state index in [2.05, 4.69) is 5.32 Å². The first-order valence-electron chi connectivity index (χ1n) is 5.93. The van der Waals surface area contributed by atoms with Crippen LogP contribution in [0.1, 0.15) is 24.2 Å². The maximum Gasteiger partial charge on any atom is 0.273 e. The quantitative estimate of drug-likeness (QED) is 0.653. The van der Waals surface area contributed by atoms with Crippen LogP contribution in [0.25, 0.3) is 0 Å². The highest BCUT2D eigenvalue weighted by Gasteiger charge is 2.21. The highest BCUT2D eigenvalue weighted by Crippen LogP contribution is 2.24. The summed E-state index contributed by atoms with van der Waals surface area (Å²) in [5, 5.41) is 22.2. The maximum absolute atomic E-state index is 12.1. The number of hydrogen-bond acceptors (Lipinski definition) is 5. The van der Waals surface area contributed by atoms with Gasteiger partial charge in [-0.05, 0) is 12.0 Å². The van der Waals surface area contributed by atoms with E-state index in [1.807, 2.05) is 6.07 Å². The number of nitriles is 1. The van der Waals surface area contributed by atoms with Crippen LogP contribution in [0.15, 0.2) is 18.2 Å². The highest BCUT2D eigenvalue weighted by molar-refractivity contribution is 5.97. The van der Waals surface area contributed by atoms with Crippen molar-refractivity contribution in [2.45, 2.75) is 19.9 Å². The molecule has 20 heavy (non-hydrogen) atoms. The summed E-state index contributed by atoms with van der Waals surface area (Å²) >= 11 is 0. The van der Waals surface area contributed by atoms with Crippen LogP contribution < -0.4 is 10.1 Å². The average molecular weight is 277 g/mol. The number of methoxy groups -OCH3 is 1. The van der Waals surface area contributed by atoms with Gasteiger partial charge in [0.25, 0.3) is 11.6 Å². The van der Waals surface area contributed by atoms with Gasteiger partial charge in [-0.3, -0.25) is 14.9 Å². The van der Waals surface area contributed by atoms with E-state index in [0.717, 1.165) is 0 Å². The Labute approximate surface area is 116 Å². The fourth-order valence-electron chi connectivity index (χ4n) is 1.55. The molecule has 0 radical (unpaired) electrons. The normalized spacial score (nSPS) is 11.6. The van der Waals surface area contributed by atoms with Gasteiger partial charge in [0, 0.05) is 6.07 Å². The van der Waals surface area contributed by atoms with Gasteiger partial charge >= 0.3 is 0 Å². The lowest BCUT2D eigenvalue weighted by Crippen LogP contribution is -2.37. The van der Waals surface area contributed by atoms with Gasteiger partial charge in [-0.15, -0.1) is 0 Å². The number of carbonyl (C=O) groups excluding carboxylic acids is 1. The summed E-state index contributed by atoms with van der Waals surface area (Å²) in [6, 6.07) is 5.05. The second kappa shape index (κ2) is 6.52. The number of ether oxygens (including phenoxy) is 1. The molecule has 0 saturated heterocycles. The van der Waals surface area contributed by atoms with E-state index >= 15 is 0 Å². The molecular weight excluding hydrogens is 262 g/mol. The third-order valence-electron chi connectivity index (χ3n) is 2.73. The number of rotatable bonds is 5. The second-order valence-corrected chi connectivity index (χ2v) is 4.47. The Morgan fingerprint density at radius 2 is 2.15 bits per heavy atom. The number of nitro benzene ring substituents is 1. The lowest BCUT2D eigenvalue weighted by atomic mass is 10.1. The Morgan fingerprint density at radius 3 is 2.60 bits per heavy atom. The number of non-ortho nitro benzene ring substituents is 1. The van der Waals surface area contributed by atoms with Crippen LogP contribution in [0, 0.1) is 27.4 Å². The third kappa shape index (κ3) is 3.45. The molecule has 1 aromatic carbocycles. The molecule has 1 atom stereocenters. The number of nitro groups is 1. The average Bonchev–Trinajstić information content (AvgIpc) is 2.43. The third-order valence-corrected chi connectivity index (χ3v) is 2.73. The van der Waals surface area contributed by atoms with Crippen molar-refractivity contribution in [3.8, 4) is 11.8 Å². The number of amides is 1. The van der Waals surface area contributed by atoms with E-state index in [9.17, 15) is 14.9 Å². The van der Waals surface area contributed by atoms with E-state index in [4.69, 9.17) is 10.00 Å². The first-order chi connectivity index (χ1) is 9.40. The van der Waals surface area contributed by atoms with Crippen molar-refractivity contribution >= 4 is 11.6 Å². The summed E-state index contributed by atoms with van der Waals surface area (Å²) in [5.41, 5.74) is -0.0157. The van der Waals surface area contributed by atoms with E-state index < -0.39 is 16.9 Å². The molecule has 0 aliphatic rings. The molecule has 7 nitrogen and oxygen atoms in total. The van der Waals surface area contributed by atoms with Gasteiger partial charge in [-0.2, -0.15) is 5.26 Å². The molecule has 106 valence electrons. The highest BCUT2D eigenvalue weighted by atomic mass is 16.6. The van der Waals surface area contributed by atoms with Crippen molar-refractivity contribution in [2.75, 3.05) is 7.11 Å². The maximum atomic E-state index is 12.1. The topological polar surface area (TPSA) is 105 Å². The summed E-state index contributed by atoms with van der Waals surface area (Å²) < 4.78 is 4.98. The molecule has 0 aromatic heterocycles. The molecule has 0 bridgehead atoms. The van der Waals surface area contributed by atoms with Crippen LogP contribution in [0.4, 0.5) is 5.69 Å². The zero-order valence-corrected chi connectivity index (χ0v) is 11.4. The van der Waals surface area contributed by atoms with Crippen LogP contribution in [0.3, 0.4) is 0 Å². The standard InChI is InChI=1S/C13H15N3O4/c1-8(2)11(7-14)15-13(17)10-5-4-9(16(18)19)6-12(10)20-3/h4-6,8,11H,1-3H3,(H,15,17). The minimum absolute atomic E-state index is 0.0482. The molecule has 0 aliphatic carbocycles. The predicted molar refractivity (Wildman–Crippen MR) is 71.4 cm³/mol. The number of nitrogens with zero attached hydrogens (tertiary/aromatic N) is 2. The Hall–Kier alpha value is -2.62. The van der Waals surface area contributed by atoms with E-state index in [-0.39, 0.29) is 22.9 Å². The summed E-state index contributed by atoms with van der Waals surface area (Å²) in [4.78, 5) is 22.2. The Balaban J connectivity index is 3.04. The Bertz CT molecular complexity index is 563. The van der Waals surface area contributed by atoms with Gasteiger partial charge in [0.1, 0.15) is 11.8 Å². The molecule has 7 heteroatoms. The minimum atomic E-state index is -0.637. The van der Waals surface area contributed by atoms with Crippen molar-refractivity contribution in [1.82, 2.24) is 5.32 Å². The lowest BCUT2D eigenvalue weighted by Gasteiger charge is -2.16. The van der Waals surface area contributed by atoms with Crippen LogP contribution >= 0.6 is 0 Å². The first-order valence-corrected chi connectivity index (χ1v) is 5.93. The number of carbonyl (C=O) groups is 1. The first kappa shape index (κ1) is 15.4. The van der Waals surface area contributed by atoms with Gasteiger partial charge < -0.3 is 10.1 Å². The molecule has 0 spiro atoms. The number of nitrogens with one attached hydrogen (secondary N) is 1. The molecule has 0 heterocycles. The van der Waals surface area contributed by atoms with Crippen molar-refractivity contribution in [1.29, 1.82) is 5.26 Å². The van der Waals surface area contributed by atoms with Gasteiger partial charge in [0.15, 0.2) is 0 Å². The molecule has 1 rings (SSSR count). The van der Waals surface area contributed by atoms with E-state index in [1.54, 1.807) is 13.8 Å². The molecular formula is C13H15N3O4. The lowest BCUT2D eigenvalue weighted by molar-refractivity contribution is -0.384. The molecule has 1 amide bonds. The van der Waals surface area contributed by atoms with Crippen LogP contribution in [-0.4, -0.2) is 24.0 Å². The fraction of sp³-hybridized carbons (Fsp3) is 0.385. The van der Waals surface area contributed by atoms with E-state index in [0.29, 0.717) is 0 Å². The number of benzene rings is 1. The molecule has 1 aromatic rings. The molecule has 0 aliphatic heterocycles. The smallest absolute Gasteiger partial charge is 0.273 e. The van der Waals surface area contributed by atoms with Gasteiger partial charge in [0.2, 0.25) is 0 Å². The van der Waals surface area contributed by atoms with Crippen molar-refractivity contribution < 1.29 is 14.5 Å². The summed E-state index contributed by atoms with van der Waals surface area (Å²) in [6.45, 7) is 3.61. The molecule has 0 saturated carbocycles. The van der Waals surface area contributed by atoms with Crippen LogP contribution in [-0.2, 0) is 0 Å². The zero-order chi connectivity index (χ0) is 15.3. The zero-order valence-electron chi connectivity index (χ0n) is 11.4. The Kier molecular flexibility index (Phi) is 5.03. The summed E-state index contributed by atoms with van der Waals surface area (Å²) in [7, 11) is 1.32. The van der Waals surface area contributed by atoms with Crippen molar-refractivity contribution in [3.05, 3.63) is 33.9 Å². The SMILES string of the molecule is COc1cc([N+](=O)[O-])ccc1C(=O)NC(C#N)C(C)C. The van der Waals surface area contributed by atoms with Crippen LogP contribution in [0.2, 0.25) is 0 Å². The van der Waals surface area contributed by atoms with Gasteiger partial charge in [-0.25, -0.2) is 0 Å². The molecule has 1 N–H and O–H groups in total. The predicted octanol–water partition coefficient (Wildman–Crippen LogP) is 1.88. The fourth-order valence-corrected chi connectivity index (χ4v) is 1.55. The van der Waals surface area contributed by atoms with Crippen LogP contribution in [0.5, 0.6) is 5.75 Å². The summed E-state index contributed by atoms with van der Waals surface area (Å²) in [6.07, 6.45) is 0. The van der Waals surface area contributed by atoms with Gasteiger partial charge in [-0.1, -0.05) is 13.8 Å². The summed E-state index contributed by atoms with van der Waals surface area (Å²) in [5.74, 6) is -0.456. The Morgan fingerprint density at radius 1 is 1.50 bits per heavy atom. The van der Waals surface area contributed by atoms with Gasteiger partial charge in [0.05, 0.1) is 29.7 Å². The number of hydrogen-bond donors (Lipinski definition) is 1. The van der Waals surface area contributed by atoms with E-state index in [1.165, 1.54) is 25.3 Å². The monoisotopic (exact) mass is 277 g/mol. The van der Waals surface area contributed by atoms with Crippen molar-refractivity contribution in [3.63, 3.8) is 0 Å². The minimum Gasteiger partial charge on any atom is -0.496 e.